The van der Waals surface area contributed by atoms with Crippen LogP contribution in [0.25, 0.3) is 49.8 Å². The molecule has 0 saturated heterocycles. The van der Waals surface area contributed by atoms with Crippen LogP contribution in [0, 0.1) is 0 Å². The van der Waals surface area contributed by atoms with Crippen molar-refractivity contribution in [3.63, 3.8) is 0 Å². The van der Waals surface area contributed by atoms with E-state index >= 15 is 0 Å². The number of para-hydroxylation sites is 4. The lowest BCUT2D eigenvalue weighted by molar-refractivity contribution is 0.836. The van der Waals surface area contributed by atoms with Gasteiger partial charge in [-0.2, -0.15) is 0 Å². The maximum Gasteiger partial charge on any atom is 0.340 e. The molecule has 0 unspecified atom stereocenters. The van der Waals surface area contributed by atoms with Crippen LogP contribution in [0.3, 0.4) is 0 Å². The summed E-state index contributed by atoms with van der Waals surface area (Å²) in [5.74, 6) is 0. The molecule has 0 radical (unpaired) electrons. The van der Waals surface area contributed by atoms with E-state index in [4.69, 9.17) is 0 Å². The van der Waals surface area contributed by atoms with Gasteiger partial charge in [0.1, 0.15) is 0 Å². The van der Waals surface area contributed by atoms with Crippen molar-refractivity contribution < 1.29 is 0 Å². The fourth-order valence-corrected chi connectivity index (χ4v) is 5.34. The summed E-state index contributed by atoms with van der Waals surface area (Å²) in [6.45, 7) is 0. The second-order valence-electron chi connectivity index (χ2n) is 8.97. The van der Waals surface area contributed by atoms with E-state index in [0.29, 0.717) is 22.3 Å². The molecule has 7 aromatic rings. The number of aromatic nitrogens is 3. The Bertz CT molecular complexity index is 2050. The monoisotopic (exact) mass is 479 g/mol. The van der Waals surface area contributed by atoms with Crippen molar-refractivity contribution >= 4 is 32.7 Å². The van der Waals surface area contributed by atoms with Crippen LogP contribution in [0.1, 0.15) is 0 Å². The SMILES string of the molecule is O=c1c2c3c4ccccc4n(-c4ccccc4)c3ccc2n(-c2ccccc2)c(=O)n1-c1ccccc1. The third-order valence-corrected chi connectivity index (χ3v) is 6.90. The van der Waals surface area contributed by atoms with Crippen molar-refractivity contribution in [2.24, 2.45) is 0 Å². The lowest BCUT2D eigenvalue weighted by Gasteiger charge is -2.15. The van der Waals surface area contributed by atoms with Crippen LogP contribution in [-0.2, 0) is 0 Å². The van der Waals surface area contributed by atoms with Crippen molar-refractivity contribution in [1.29, 1.82) is 0 Å². The number of hydrogen-bond acceptors (Lipinski definition) is 2. The highest BCUT2D eigenvalue weighted by Gasteiger charge is 2.22. The minimum Gasteiger partial charge on any atom is -0.309 e. The van der Waals surface area contributed by atoms with Crippen molar-refractivity contribution in [2.45, 2.75) is 0 Å². The third-order valence-electron chi connectivity index (χ3n) is 6.90. The molecule has 0 amide bonds. The van der Waals surface area contributed by atoms with Gasteiger partial charge in [0.05, 0.1) is 33.3 Å². The molecule has 2 aromatic heterocycles. The minimum absolute atomic E-state index is 0.333. The van der Waals surface area contributed by atoms with Crippen molar-refractivity contribution in [1.82, 2.24) is 13.7 Å². The second-order valence-corrected chi connectivity index (χ2v) is 8.97. The molecule has 2 heterocycles. The van der Waals surface area contributed by atoms with E-state index in [9.17, 15) is 9.59 Å². The summed E-state index contributed by atoms with van der Waals surface area (Å²) >= 11 is 0. The van der Waals surface area contributed by atoms with Crippen LogP contribution in [-0.4, -0.2) is 13.7 Å². The number of nitrogens with zero attached hydrogens (tertiary/aromatic N) is 3. The molecular formula is C32H21N3O2. The largest absolute Gasteiger partial charge is 0.340 e. The maximum absolute atomic E-state index is 14.3. The fourth-order valence-electron chi connectivity index (χ4n) is 5.34. The Morgan fingerprint density at radius 2 is 0.838 bits per heavy atom. The summed E-state index contributed by atoms with van der Waals surface area (Å²) in [5, 5.41) is 2.30. The predicted molar refractivity (Wildman–Crippen MR) is 149 cm³/mol. The third kappa shape index (κ3) is 3.11. The molecule has 0 atom stereocenters. The molecule has 5 heteroatoms. The topological polar surface area (TPSA) is 48.9 Å². The van der Waals surface area contributed by atoms with E-state index in [0.717, 1.165) is 27.5 Å². The smallest absolute Gasteiger partial charge is 0.309 e. The van der Waals surface area contributed by atoms with Crippen LogP contribution >= 0.6 is 0 Å². The first-order valence-electron chi connectivity index (χ1n) is 12.1. The van der Waals surface area contributed by atoms with E-state index in [1.807, 2.05) is 97.1 Å². The lowest BCUT2D eigenvalue weighted by Crippen LogP contribution is -2.38. The van der Waals surface area contributed by atoms with E-state index in [1.165, 1.54) is 4.57 Å². The first kappa shape index (κ1) is 21.1. The van der Waals surface area contributed by atoms with E-state index in [2.05, 4.69) is 22.8 Å². The zero-order valence-corrected chi connectivity index (χ0v) is 19.8. The normalized spacial score (nSPS) is 11.5. The van der Waals surface area contributed by atoms with Gasteiger partial charge in [-0.25, -0.2) is 9.36 Å². The summed E-state index contributed by atoms with van der Waals surface area (Å²) in [6, 6.07) is 40.7. The molecule has 0 saturated carbocycles. The number of hydrogen-bond donors (Lipinski definition) is 0. The predicted octanol–water partition coefficient (Wildman–Crippen LogP) is 6.24. The number of rotatable bonds is 3. The van der Waals surface area contributed by atoms with Crippen molar-refractivity contribution in [2.75, 3.05) is 0 Å². The maximum atomic E-state index is 14.3. The Morgan fingerprint density at radius 1 is 0.378 bits per heavy atom. The van der Waals surface area contributed by atoms with Gasteiger partial charge in [-0.05, 0) is 54.6 Å². The van der Waals surface area contributed by atoms with Crippen LogP contribution < -0.4 is 11.2 Å². The first-order chi connectivity index (χ1) is 18.2. The summed E-state index contributed by atoms with van der Waals surface area (Å²) in [6.07, 6.45) is 0. The first-order valence-corrected chi connectivity index (χ1v) is 12.1. The van der Waals surface area contributed by atoms with E-state index < -0.39 is 5.69 Å². The van der Waals surface area contributed by atoms with E-state index in [-0.39, 0.29) is 5.56 Å². The number of fused-ring (bicyclic) bond motifs is 5. The molecule has 0 aliphatic carbocycles. The lowest BCUT2D eigenvalue weighted by atomic mass is 10.1. The molecule has 7 rings (SSSR count). The minimum atomic E-state index is -0.402. The highest BCUT2D eigenvalue weighted by atomic mass is 16.2. The quantitative estimate of drug-likeness (QED) is 0.301. The molecule has 0 N–H and O–H groups in total. The molecule has 0 aliphatic rings. The fraction of sp³-hybridized carbons (Fsp3) is 0. The molecule has 5 nitrogen and oxygen atoms in total. The summed E-state index contributed by atoms with van der Waals surface area (Å²) < 4.78 is 5.09. The van der Waals surface area contributed by atoms with Gasteiger partial charge in [-0.1, -0.05) is 72.8 Å². The van der Waals surface area contributed by atoms with Gasteiger partial charge in [0.15, 0.2) is 0 Å². The van der Waals surface area contributed by atoms with Crippen LogP contribution in [0.15, 0.2) is 137 Å². The Kier molecular flexibility index (Phi) is 4.69. The van der Waals surface area contributed by atoms with E-state index in [1.54, 1.807) is 16.7 Å². The van der Waals surface area contributed by atoms with Crippen LogP contribution in [0.5, 0.6) is 0 Å². The number of benzene rings is 5. The van der Waals surface area contributed by atoms with Gasteiger partial charge in [-0.15, -0.1) is 0 Å². The molecule has 176 valence electrons. The summed E-state index contributed by atoms with van der Waals surface area (Å²) in [4.78, 5) is 28.2. The average molecular weight is 480 g/mol. The Balaban J connectivity index is 1.75. The standard InChI is InChI=1S/C32H21N3O2/c36-31-30-28(34(23-14-6-2-7-15-23)32(37)35(31)24-16-8-3-9-17-24)21-20-27-29(30)25-18-10-11-19-26(25)33(27)22-12-4-1-5-13-22/h1-21H. The molecule has 0 fully saturated rings. The Labute approximate surface area is 211 Å². The highest BCUT2D eigenvalue weighted by molar-refractivity contribution is 6.20. The van der Waals surface area contributed by atoms with Gasteiger partial charge in [0.2, 0.25) is 0 Å². The van der Waals surface area contributed by atoms with Gasteiger partial charge < -0.3 is 4.57 Å². The molecule has 37 heavy (non-hydrogen) atoms. The van der Waals surface area contributed by atoms with Crippen LogP contribution in [0.4, 0.5) is 0 Å². The van der Waals surface area contributed by atoms with Crippen molar-refractivity contribution in [3.05, 3.63) is 148 Å². The van der Waals surface area contributed by atoms with Gasteiger partial charge in [0, 0.05) is 16.5 Å². The van der Waals surface area contributed by atoms with Crippen LogP contribution in [0.2, 0.25) is 0 Å². The highest BCUT2D eigenvalue weighted by Crippen LogP contribution is 2.35. The zero-order valence-electron chi connectivity index (χ0n) is 19.8. The van der Waals surface area contributed by atoms with Crippen molar-refractivity contribution in [3.8, 4) is 17.1 Å². The Morgan fingerprint density at radius 3 is 1.43 bits per heavy atom. The summed E-state index contributed by atoms with van der Waals surface area (Å²) in [7, 11) is 0. The molecule has 0 bridgehead atoms. The zero-order chi connectivity index (χ0) is 24.9. The molecule has 0 aliphatic heterocycles. The summed E-state index contributed by atoms with van der Waals surface area (Å²) in [5.41, 5.74) is 4.00. The second kappa shape index (κ2) is 8.21. The Hall–Kier alpha value is -5.16. The molecule has 5 aromatic carbocycles. The molecular weight excluding hydrogens is 458 g/mol. The van der Waals surface area contributed by atoms with Gasteiger partial charge >= 0.3 is 5.69 Å². The average Bonchev–Trinajstić information content (AvgIpc) is 3.29. The van der Waals surface area contributed by atoms with Gasteiger partial charge in [-0.3, -0.25) is 9.36 Å². The van der Waals surface area contributed by atoms with Gasteiger partial charge in [0.25, 0.3) is 5.56 Å². The molecule has 0 spiro atoms.